The Labute approximate surface area is 136 Å². The minimum atomic E-state index is -3.87. The highest BCUT2D eigenvalue weighted by Crippen LogP contribution is 2.60. The summed E-state index contributed by atoms with van der Waals surface area (Å²) >= 11 is 0. The Balaban J connectivity index is 2.10. The van der Waals surface area contributed by atoms with E-state index in [1.165, 1.54) is 11.4 Å². The lowest BCUT2D eigenvalue weighted by atomic mass is 9.63. The molecule has 1 N–H and O–H groups in total. The number of hydrogen-bond donors (Lipinski definition) is 1. The molecule has 2 bridgehead atoms. The van der Waals surface area contributed by atoms with Gasteiger partial charge in [-0.2, -0.15) is 4.31 Å². The molecule has 0 radical (unpaired) electrons. The van der Waals surface area contributed by atoms with E-state index in [1.54, 1.807) is 26.0 Å². The van der Waals surface area contributed by atoms with Crippen LogP contribution < -0.4 is 4.74 Å². The molecule has 2 heterocycles. The third-order valence-electron chi connectivity index (χ3n) is 5.10. The van der Waals surface area contributed by atoms with Crippen molar-refractivity contribution in [1.82, 2.24) is 4.31 Å². The lowest BCUT2D eigenvalue weighted by Gasteiger charge is -2.42. The number of rotatable bonds is 4. The summed E-state index contributed by atoms with van der Waals surface area (Å²) in [6.45, 7) is 5.67. The monoisotopic (exact) mass is 339 g/mol. The van der Waals surface area contributed by atoms with E-state index in [1.807, 2.05) is 6.92 Å². The van der Waals surface area contributed by atoms with E-state index in [4.69, 9.17) is 4.74 Å². The first-order valence-corrected chi connectivity index (χ1v) is 8.91. The highest BCUT2D eigenvalue weighted by molar-refractivity contribution is 7.89. The second-order valence-electron chi connectivity index (χ2n) is 7.10. The molecular weight excluding hydrogens is 318 g/mol. The van der Waals surface area contributed by atoms with Crippen molar-refractivity contribution in [3.8, 4) is 5.75 Å². The molecule has 3 fully saturated rings. The van der Waals surface area contributed by atoms with Crippen molar-refractivity contribution in [3.63, 3.8) is 0 Å². The van der Waals surface area contributed by atoms with Crippen molar-refractivity contribution in [3.05, 3.63) is 23.3 Å². The number of carbonyl (C=O) groups is 1. The molecule has 1 aromatic rings. The highest BCUT2D eigenvalue weighted by atomic mass is 32.2. The maximum Gasteiger partial charge on any atom is 0.325 e. The van der Waals surface area contributed by atoms with E-state index < -0.39 is 21.5 Å². The number of nitrogens with zero attached hydrogens (tertiary/aromatic N) is 1. The van der Waals surface area contributed by atoms with Gasteiger partial charge in [-0.15, -0.1) is 0 Å². The number of ether oxygens (including phenoxy) is 1. The average Bonchev–Trinajstić information content (AvgIpc) is 2.91. The number of aryl methyl sites for hydroxylation is 2. The van der Waals surface area contributed by atoms with Crippen LogP contribution in [0.15, 0.2) is 17.0 Å². The van der Waals surface area contributed by atoms with Crippen LogP contribution in [0.1, 0.15) is 30.9 Å². The molecule has 0 aromatic heterocycles. The summed E-state index contributed by atoms with van der Waals surface area (Å²) in [7, 11) is -2.34. The number of aliphatic carboxylic acids is 1. The Hall–Kier alpha value is -1.60. The van der Waals surface area contributed by atoms with Gasteiger partial charge in [0, 0.05) is 6.54 Å². The van der Waals surface area contributed by atoms with Gasteiger partial charge in [0.15, 0.2) is 0 Å². The SMILES string of the molecule is COc1cc(C)c(S(=O)(=O)N2CC3(C)CC2(C(=O)O)C3)cc1C. The van der Waals surface area contributed by atoms with E-state index in [0.29, 0.717) is 29.7 Å². The molecule has 2 saturated heterocycles. The zero-order valence-corrected chi connectivity index (χ0v) is 14.5. The normalized spacial score (nSPS) is 30.1. The average molecular weight is 339 g/mol. The Morgan fingerprint density at radius 1 is 1.26 bits per heavy atom. The van der Waals surface area contributed by atoms with Crippen molar-refractivity contribution >= 4 is 16.0 Å². The van der Waals surface area contributed by atoms with Gasteiger partial charge in [-0.05, 0) is 55.4 Å². The number of carboxylic acid groups (broad SMARTS) is 1. The van der Waals surface area contributed by atoms with Crippen molar-refractivity contribution in [1.29, 1.82) is 0 Å². The summed E-state index contributed by atoms with van der Waals surface area (Å²) in [5, 5.41) is 9.59. The maximum absolute atomic E-state index is 13.1. The topological polar surface area (TPSA) is 83.9 Å². The molecule has 1 saturated carbocycles. The predicted octanol–water partition coefficient (Wildman–Crippen LogP) is 1.94. The van der Waals surface area contributed by atoms with Gasteiger partial charge in [0.05, 0.1) is 12.0 Å². The number of hydrogen-bond acceptors (Lipinski definition) is 4. The van der Waals surface area contributed by atoms with Gasteiger partial charge in [0.25, 0.3) is 0 Å². The van der Waals surface area contributed by atoms with Crippen molar-refractivity contribution in [2.24, 2.45) is 5.41 Å². The van der Waals surface area contributed by atoms with Crippen LogP contribution in [0.4, 0.5) is 0 Å². The fourth-order valence-corrected chi connectivity index (χ4v) is 6.28. The number of methoxy groups -OCH3 is 1. The molecule has 2 aliphatic heterocycles. The van der Waals surface area contributed by atoms with Crippen molar-refractivity contribution in [2.45, 2.75) is 44.0 Å². The fourth-order valence-electron chi connectivity index (χ4n) is 4.10. The van der Waals surface area contributed by atoms with Gasteiger partial charge in [0.1, 0.15) is 11.3 Å². The van der Waals surface area contributed by atoms with Crippen molar-refractivity contribution < 1.29 is 23.1 Å². The second kappa shape index (κ2) is 4.70. The molecule has 6 nitrogen and oxygen atoms in total. The van der Waals surface area contributed by atoms with Crippen molar-refractivity contribution in [2.75, 3.05) is 13.7 Å². The van der Waals surface area contributed by atoms with E-state index in [9.17, 15) is 18.3 Å². The molecule has 0 unspecified atom stereocenters. The van der Waals surface area contributed by atoms with E-state index in [0.717, 1.165) is 0 Å². The minimum Gasteiger partial charge on any atom is -0.496 e. The molecule has 0 atom stereocenters. The quantitative estimate of drug-likeness (QED) is 0.906. The van der Waals surface area contributed by atoms with Crippen LogP contribution >= 0.6 is 0 Å². The maximum atomic E-state index is 13.1. The molecule has 0 spiro atoms. The molecular formula is C16H21NO5S. The standard InChI is InChI=1S/C16H21NO5S/c1-10-6-13(11(2)5-12(10)22-4)23(20,21)17-9-15(3)7-16(17,8-15)14(18)19/h5-6H,7-9H2,1-4H3,(H,18,19). The van der Waals surface area contributed by atoms with Gasteiger partial charge in [-0.3, -0.25) is 4.79 Å². The van der Waals surface area contributed by atoms with Gasteiger partial charge in [0.2, 0.25) is 10.0 Å². The number of fused-ring (bicyclic) bond motifs is 1. The molecule has 23 heavy (non-hydrogen) atoms. The van der Waals surface area contributed by atoms with Gasteiger partial charge < -0.3 is 9.84 Å². The van der Waals surface area contributed by atoms with Crippen LogP contribution in [0.3, 0.4) is 0 Å². The molecule has 4 rings (SSSR count). The molecule has 3 aliphatic rings. The first kappa shape index (κ1) is 16.3. The summed E-state index contributed by atoms with van der Waals surface area (Å²) in [6.07, 6.45) is 0.755. The van der Waals surface area contributed by atoms with Crippen LogP contribution in [-0.4, -0.2) is 43.0 Å². The Morgan fingerprint density at radius 3 is 2.39 bits per heavy atom. The zero-order chi connectivity index (χ0) is 17.2. The number of benzene rings is 1. The van der Waals surface area contributed by atoms with Crippen LogP contribution in [0.5, 0.6) is 5.75 Å². The third-order valence-corrected chi connectivity index (χ3v) is 7.15. The fraction of sp³-hybridized carbons (Fsp3) is 0.562. The summed E-state index contributed by atoms with van der Waals surface area (Å²) in [6, 6.07) is 3.24. The first-order chi connectivity index (χ1) is 10.6. The van der Waals surface area contributed by atoms with Crippen LogP contribution in [-0.2, 0) is 14.8 Å². The largest absolute Gasteiger partial charge is 0.496 e. The first-order valence-electron chi connectivity index (χ1n) is 7.47. The predicted molar refractivity (Wildman–Crippen MR) is 84.1 cm³/mol. The van der Waals surface area contributed by atoms with Gasteiger partial charge in [-0.1, -0.05) is 6.92 Å². The summed E-state index contributed by atoms with van der Waals surface area (Å²) in [5.41, 5.74) is -0.254. The molecule has 1 aromatic carbocycles. The summed E-state index contributed by atoms with van der Waals surface area (Å²) < 4.78 is 32.6. The molecule has 0 amide bonds. The third kappa shape index (κ3) is 2.10. The number of sulfonamides is 1. The molecule has 1 aliphatic carbocycles. The lowest BCUT2D eigenvalue weighted by Crippen LogP contribution is -2.56. The summed E-state index contributed by atoms with van der Waals surface area (Å²) in [4.78, 5) is 11.9. The highest BCUT2D eigenvalue weighted by Gasteiger charge is 2.70. The Bertz CT molecular complexity index is 793. The number of carboxylic acids is 1. The zero-order valence-electron chi connectivity index (χ0n) is 13.7. The second-order valence-corrected chi connectivity index (χ2v) is 8.93. The summed E-state index contributed by atoms with van der Waals surface area (Å²) in [5.74, 6) is -0.439. The van der Waals surface area contributed by atoms with E-state index in [-0.39, 0.29) is 16.9 Å². The van der Waals surface area contributed by atoms with E-state index >= 15 is 0 Å². The smallest absolute Gasteiger partial charge is 0.325 e. The van der Waals surface area contributed by atoms with Gasteiger partial charge >= 0.3 is 5.97 Å². The van der Waals surface area contributed by atoms with Crippen LogP contribution in [0.25, 0.3) is 0 Å². The van der Waals surface area contributed by atoms with E-state index in [2.05, 4.69) is 0 Å². The molecule has 7 heteroatoms. The van der Waals surface area contributed by atoms with Gasteiger partial charge in [-0.25, -0.2) is 8.42 Å². The Morgan fingerprint density at radius 2 is 1.87 bits per heavy atom. The minimum absolute atomic E-state index is 0.160. The van der Waals surface area contributed by atoms with Crippen LogP contribution in [0, 0.1) is 19.3 Å². The Kier molecular flexibility index (Phi) is 3.33. The molecule has 126 valence electrons. The lowest BCUT2D eigenvalue weighted by molar-refractivity contribution is -0.151. The van der Waals surface area contributed by atoms with Crippen LogP contribution in [0.2, 0.25) is 0 Å².